The predicted molar refractivity (Wildman–Crippen MR) is 187 cm³/mol. The van der Waals surface area contributed by atoms with E-state index in [2.05, 4.69) is 25.9 Å². The number of amides is 3. The maximum absolute atomic E-state index is 13.4. The molecule has 0 bridgehead atoms. The van der Waals surface area contributed by atoms with Gasteiger partial charge in [0.1, 0.15) is 5.70 Å². The molecule has 0 aliphatic rings. The molecule has 2 heterocycles. The van der Waals surface area contributed by atoms with Crippen LogP contribution in [0, 0.1) is 0 Å². The lowest BCUT2D eigenvalue weighted by atomic mass is 10.1. The van der Waals surface area contributed by atoms with E-state index in [1.54, 1.807) is 60.8 Å². The SMILES string of the molecule is O=C(CSc1ccc(NC(=O)C(=Cc2c[nH]c3ccccc23)NC(=O)c2ccccc2)cc1)Nc1nc(-c2ccc(Cl)cc2)cs1. The first kappa shape index (κ1) is 30.8. The summed E-state index contributed by atoms with van der Waals surface area (Å²) in [5.41, 5.74) is 4.42. The van der Waals surface area contributed by atoms with Crippen LogP contribution < -0.4 is 16.0 Å². The normalized spacial score (nSPS) is 11.3. The van der Waals surface area contributed by atoms with Gasteiger partial charge in [-0.25, -0.2) is 4.98 Å². The fraction of sp³-hybridized carbons (Fsp3) is 0.0286. The number of fused-ring (bicyclic) bond motifs is 1. The molecule has 0 fully saturated rings. The number of carbonyl (C=O) groups excluding carboxylic acids is 3. The topological polar surface area (TPSA) is 116 Å². The molecule has 0 atom stereocenters. The molecule has 0 radical (unpaired) electrons. The Morgan fingerprint density at radius 1 is 0.870 bits per heavy atom. The van der Waals surface area contributed by atoms with Crippen molar-refractivity contribution in [3.8, 4) is 11.3 Å². The maximum atomic E-state index is 13.4. The van der Waals surface area contributed by atoms with Crippen molar-refractivity contribution in [2.24, 2.45) is 0 Å². The first-order valence-electron chi connectivity index (χ1n) is 14.1. The molecule has 11 heteroatoms. The lowest BCUT2D eigenvalue weighted by molar-refractivity contribution is -0.114. The van der Waals surface area contributed by atoms with Gasteiger partial charge in [0.15, 0.2) is 5.13 Å². The molecule has 2 aromatic heterocycles. The fourth-order valence-electron chi connectivity index (χ4n) is 4.53. The minimum Gasteiger partial charge on any atom is -0.361 e. The first-order valence-corrected chi connectivity index (χ1v) is 16.4. The van der Waals surface area contributed by atoms with E-state index < -0.39 is 11.8 Å². The molecule has 0 spiro atoms. The highest BCUT2D eigenvalue weighted by atomic mass is 35.5. The number of anilines is 2. The van der Waals surface area contributed by atoms with Gasteiger partial charge in [-0.1, -0.05) is 60.1 Å². The standard InChI is InChI=1S/C35H26ClN5O3S2/c36-25-12-10-22(11-13-25)31-20-46-35(40-31)41-32(42)21-45-27-16-14-26(15-17-27)38-34(44)30(39-33(43)23-6-2-1-3-7-23)18-24-19-37-29-9-5-4-8-28(24)29/h1-20,37H,21H2,(H,38,44)(H,39,43)(H,40,41,42). The number of nitrogens with zero attached hydrogens (tertiary/aromatic N) is 1. The van der Waals surface area contributed by atoms with Crippen molar-refractivity contribution in [1.29, 1.82) is 0 Å². The molecule has 0 aliphatic heterocycles. The van der Waals surface area contributed by atoms with E-state index in [1.165, 1.54) is 23.1 Å². The van der Waals surface area contributed by atoms with Crippen LogP contribution in [0.5, 0.6) is 0 Å². The highest BCUT2D eigenvalue weighted by Crippen LogP contribution is 2.27. The zero-order valence-corrected chi connectivity index (χ0v) is 26.5. The van der Waals surface area contributed by atoms with Gasteiger partial charge in [-0.15, -0.1) is 23.1 Å². The van der Waals surface area contributed by atoms with E-state index in [0.717, 1.165) is 32.6 Å². The number of H-pyrrole nitrogens is 1. The lowest BCUT2D eigenvalue weighted by Gasteiger charge is -2.12. The molecular formula is C35H26ClN5O3S2. The Morgan fingerprint density at radius 2 is 1.61 bits per heavy atom. The highest BCUT2D eigenvalue weighted by molar-refractivity contribution is 8.00. The van der Waals surface area contributed by atoms with Crippen molar-refractivity contribution in [1.82, 2.24) is 15.3 Å². The van der Waals surface area contributed by atoms with Gasteiger partial charge in [0.25, 0.3) is 11.8 Å². The molecule has 228 valence electrons. The van der Waals surface area contributed by atoms with Gasteiger partial charge in [-0.2, -0.15) is 0 Å². The maximum Gasteiger partial charge on any atom is 0.272 e. The summed E-state index contributed by atoms with van der Waals surface area (Å²) in [7, 11) is 0. The quantitative estimate of drug-likeness (QED) is 0.0874. The number of nitrogens with one attached hydrogen (secondary N) is 4. The summed E-state index contributed by atoms with van der Waals surface area (Å²) in [5.74, 6) is -0.868. The fourth-order valence-corrected chi connectivity index (χ4v) is 6.09. The smallest absolute Gasteiger partial charge is 0.272 e. The second-order valence-corrected chi connectivity index (χ2v) is 12.4. The third kappa shape index (κ3) is 7.73. The summed E-state index contributed by atoms with van der Waals surface area (Å²) in [6.45, 7) is 0. The Labute approximate surface area is 277 Å². The van der Waals surface area contributed by atoms with Crippen molar-refractivity contribution in [3.05, 3.63) is 137 Å². The van der Waals surface area contributed by atoms with Crippen LogP contribution in [0.15, 0.2) is 125 Å². The van der Waals surface area contributed by atoms with Gasteiger partial charge in [0.05, 0.1) is 11.4 Å². The summed E-state index contributed by atoms with van der Waals surface area (Å²) in [5, 5.41) is 12.5. The third-order valence-electron chi connectivity index (χ3n) is 6.82. The van der Waals surface area contributed by atoms with Gasteiger partial charge in [-0.3, -0.25) is 14.4 Å². The van der Waals surface area contributed by atoms with Crippen molar-refractivity contribution in [2.75, 3.05) is 16.4 Å². The Bertz CT molecular complexity index is 2040. The number of hydrogen-bond donors (Lipinski definition) is 4. The number of thioether (sulfide) groups is 1. The molecule has 0 saturated carbocycles. The van der Waals surface area contributed by atoms with Crippen LogP contribution in [0.4, 0.5) is 10.8 Å². The van der Waals surface area contributed by atoms with Crippen LogP contribution in [-0.4, -0.2) is 33.4 Å². The van der Waals surface area contributed by atoms with Crippen LogP contribution in [0.1, 0.15) is 15.9 Å². The van der Waals surface area contributed by atoms with Gasteiger partial charge in [0.2, 0.25) is 5.91 Å². The van der Waals surface area contributed by atoms with Crippen molar-refractivity contribution >= 4 is 80.2 Å². The van der Waals surface area contributed by atoms with E-state index in [0.29, 0.717) is 21.4 Å². The van der Waals surface area contributed by atoms with E-state index >= 15 is 0 Å². The van der Waals surface area contributed by atoms with Crippen LogP contribution in [-0.2, 0) is 9.59 Å². The van der Waals surface area contributed by atoms with Gasteiger partial charge in [-0.05, 0) is 60.7 Å². The highest BCUT2D eigenvalue weighted by Gasteiger charge is 2.16. The number of halogens is 1. The summed E-state index contributed by atoms with van der Waals surface area (Å²) in [4.78, 5) is 47.5. The monoisotopic (exact) mass is 663 g/mol. The van der Waals surface area contributed by atoms with Crippen LogP contribution in [0.25, 0.3) is 28.2 Å². The number of aromatic amines is 1. The predicted octanol–water partition coefficient (Wildman–Crippen LogP) is 8.09. The average Bonchev–Trinajstić information content (AvgIpc) is 3.72. The zero-order valence-electron chi connectivity index (χ0n) is 24.1. The van der Waals surface area contributed by atoms with Crippen molar-refractivity contribution in [3.63, 3.8) is 0 Å². The second-order valence-electron chi connectivity index (χ2n) is 10.0. The Hall–Kier alpha value is -5.16. The van der Waals surface area contributed by atoms with E-state index in [1.807, 2.05) is 60.0 Å². The molecule has 46 heavy (non-hydrogen) atoms. The average molecular weight is 664 g/mol. The molecule has 8 nitrogen and oxygen atoms in total. The van der Waals surface area contributed by atoms with Crippen LogP contribution in [0.3, 0.4) is 0 Å². The molecule has 6 rings (SSSR count). The Balaban J connectivity index is 1.08. The summed E-state index contributed by atoms with van der Waals surface area (Å²) < 4.78 is 0. The number of hydrogen-bond acceptors (Lipinski definition) is 6. The number of benzene rings is 4. The summed E-state index contributed by atoms with van der Waals surface area (Å²) in [6.07, 6.45) is 3.45. The minimum absolute atomic E-state index is 0.0927. The number of aromatic nitrogens is 2. The lowest BCUT2D eigenvalue weighted by Crippen LogP contribution is -2.30. The third-order valence-corrected chi connectivity index (χ3v) is 8.84. The van der Waals surface area contributed by atoms with E-state index in [9.17, 15) is 14.4 Å². The molecule has 0 saturated heterocycles. The van der Waals surface area contributed by atoms with Crippen molar-refractivity contribution in [2.45, 2.75) is 4.90 Å². The molecular weight excluding hydrogens is 638 g/mol. The number of rotatable bonds is 10. The zero-order chi connectivity index (χ0) is 31.9. The van der Waals surface area contributed by atoms with E-state index in [4.69, 9.17) is 11.6 Å². The molecule has 0 unspecified atom stereocenters. The van der Waals surface area contributed by atoms with E-state index in [-0.39, 0.29) is 17.4 Å². The Morgan fingerprint density at radius 3 is 2.39 bits per heavy atom. The van der Waals surface area contributed by atoms with Crippen LogP contribution >= 0.6 is 34.7 Å². The number of para-hydroxylation sites is 1. The van der Waals surface area contributed by atoms with Crippen LogP contribution in [0.2, 0.25) is 5.02 Å². The van der Waals surface area contributed by atoms with Gasteiger partial charge in [0, 0.05) is 54.8 Å². The number of carbonyl (C=O) groups is 3. The molecule has 3 amide bonds. The number of thiazole rings is 1. The van der Waals surface area contributed by atoms with Crippen molar-refractivity contribution < 1.29 is 14.4 Å². The Kier molecular flexibility index (Phi) is 9.59. The summed E-state index contributed by atoms with van der Waals surface area (Å²) in [6, 6.07) is 30.9. The minimum atomic E-state index is -0.476. The largest absolute Gasteiger partial charge is 0.361 e. The first-order chi connectivity index (χ1) is 22.4. The molecule has 6 aromatic rings. The summed E-state index contributed by atoms with van der Waals surface area (Å²) >= 11 is 8.68. The van der Waals surface area contributed by atoms with Gasteiger partial charge < -0.3 is 20.9 Å². The molecule has 4 aromatic carbocycles. The molecule has 0 aliphatic carbocycles. The second kappa shape index (κ2) is 14.3. The molecule has 4 N–H and O–H groups in total. The van der Waals surface area contributed by atoms with Gasteiger partial charge >= 0.3 is 0 Å².